The van der Waals surface area contributed by atoms with Crippen LogP contribution in [0.15, 0.2) is 47.0 Å². The van der Waals surface area contributed by atoms with Crippen LogP contribution in [0.1, 0.15) is 47.3 Å². The van der Waals surface area contributed by atoms with Crippen molar-refractivity contribution in [3.8, 4) is 17.4 Å². The number of fused-ring (bicyclic) bond motifs is 3. The minimum Gasteiger partial charge on any atom is -0.470 e. The van der Waals surface area contributed by atoms with Crippen molar-refractivity contribution in [1.29, 1.82) is 0 Å². The number of benzene rings is 1. The quantitative estimate of drug-likeness (QED) is 0.359. The molecule has 1 amide bonds. The number of primary amides is 1. The van der Waals surface area contributed by atoms with Crippen molar-refractivity contribution in [3.05, 3.63) is 65.2 Å². The second-order valence-electron chi connectivity index (χ2n) is 8.26. The van der Waals surface area contributed by atoms with Crippen LogP contribution in [0.4, 0.5) is 0 Å². The van der Waals surface area contributed by atoms with E-state index in [4.69, 9.17) is 19.7 Å². The third-order valence-corrected chi connectivity index (χ3v) is 5.46. The number of methoxy groups -OCH3 is 1. The van der Waals surface area contributed by atoms with E-state index in [1.165, 1.54) is 0 Å². The monoisotopic (exact) mass is 473 g/mol. The van der Waals surface area contributed by atoms with Gasteiger partial charge in [0.15, 0.2) is 17.1 Å². The fraction of sp³-hybridized carbons (Fsp3) is 0.250. The smallest absolute Gasteiger partial charge is 0.250 e. The summed E-state index contributed by atoms with van der Waals surface area (Å²) in [4.78, 5) is 16.4. The number of hydrogen-bond donors (Lipinski definition) is 1. The van der Waals surface area contributed by atoms with Gasteiger partial charge >= 0.3 is 0 Å². The lowest BCUT2D eigenvalue weighted by atomic mass is 10.0. The molecule has 0 fully saturated rings. The van der Waals surface area contributed by atoms with Crippen molar-refractivity contribution in [2.45, 2.75) is 33.0 Å². The molecule has 5 rings (SSSR count). The van der Waals surface area contributed by atoms with Crippen molar-refractivity contribution in [2.24, 2.45) is 5.73 Å². The molecule has 0 bridgehead atoms. The summed E-state index contributed by atoms with van der Waals surface area (Å²) >= 11 is 0. The number of aromatic nitrogens is 6. The molecule has 0 unspecified atom stereocenters. The van der Waals surface area contributed by atoms with E-state index < -0.39 is 5.91 Å². The summed E-state index contributed by atoms with van der Waals surface area (Å²) in [6.45, 7) is 4.34. The zero-order chi connectivity index (χ0) is 24.5. The van der Waals surface area contributed by atoms with Gasteiger partial charge in [0.1, 0.15) is 13.2 Å². The van der Waals surface area contributed by atoms with Crippen LogP contribution < -0.4 is 10.5 Å². The van der Waals surface area contributed by atoms with E-state index in [1.807, 2.05) is 38.1 Å². The number of amides is 1. The maximum atomic E-state index is 11.8. The summed E-state index contributed by atoms with van der Waals surface area (Å²) < 4.78 is 18.1. The lowest BCUT2D eigenvalue weighted by Crippen LogP contribution is -2.16. The first-order valence-corrected chi connectivity index (χ1v) is 11.0. The Balaban J connectivity index is 1.54. The van der Waals surface area contributed by atoms with Gasteiger partial charge in [-0.15, -0.1) is 15.3 Å². The molecule has 0 aliphatic carbocycles. The topological polar surface area (TPSA) is 144 Å². The fourth-order valence-corrected chi connectivity index (χ4v) is 3.83. The molecule has 2 N–H and O–H groups in total. The highest BCUT2D eigenvalue weighted by Gasteiger charge is 2.19. The lowest BCUT2D eigenvalue weighted by molar-refractivity contribution is 0.0998. The molecule has 0 spiro atoms. The second kappa shape index (κ2) is 9.11. The van der Waals surface area contributed by atoms with Crippen LogP contribution in [0.2, 0.25) is 0 Å². The molecule has 11 nitrogen and oxygen atoms in total. The van der Waals surface area contributed by atoms with Crippen molar-refractivity contribution in [1.82, 2.24) is 30.0 Å². The molecule has 178 valence electrons. The Morgan fingerprint density at radius 2 is 1.91 bits per heavy atom. The summed E-state index contributed by atoms with van der Waals surface area (Å²) in [6, 6.07) is 12.8. The summed E-state index contributed by atoms with van der Waals surface area (Å²) in [5.74, 6) is 0.864. The Kier molecular flexibility index (Phi) is 5.83. The van der Waals surface area contributed by atoms with E-state index in [9.17, 15) is 4.79 Å². The van der Waals surface area contributed by atoms with E-state index in [2.05, 4.69) is 25.4 Å². The Bertz CT molecular complexity index is 1540. The molecule has 0 aliphatic rings. The zero-order valence-electron chi connectivity index (χ0n) is 19.4. The summed E-state index contributed by atoms with van der Waals surface area (Å²) in [5, 5.41) is 18.9. The van der Waals surface area contributed by atoms with Gasteiger partial charge in [0.05, 0.1) is 17.0 Å². The lowest BCUT2D eigenvalue weighted by Gasteiger charge is -2.13. The first kappa shape index (κ1) is 22.4. The largest absolute Gasteiger partial charge is 0.470 e. The van der Waals surface area contributed by atoms with Crippen molar-refractivity contribution in [3.63, 3.8) is 0 Å². The highest BCUT2D eigenvalue weighted by molar-refractivity contribution is 5.97. The minimum atomic E-state index is -0.506. The summed E-state index contributed by atoms with van der Waals surface area (Å²) in [7, 11) is 1.58. The number of rotatable bonds is 8. The number of hydrogen-bond acceptors (Lipinski definition) is 9. The number of ether oxygens (including phenoxy) is 2. The second-order valence-corrected chi connectivity index (χ2v) is 8.26. The van der Waals surface area contributed by atoms with Gasteiger partial charge in [-0.2, -0.15) is 4.52 Å². The van der Waals surface area contributed by atoms with Crippen LogP contribution in [0.3, 0.4) is 0 Å². The van der Waals surface area contributed by atoms with Gasteiger partial charge in [-0.3, -0.25) is 9.78 Å². The van der Waals surface area contributed by atoms with Gasteiger partial charge in [0.2, 0.25) is 11.7 Å². The van der Waals surface area contributed by atoms with Crippen molar-refractivity contribution >= 4 is 22.3 Å². The first-order chi connectivity index (χ1) is 17.0. The van der Waals surface area contributed by atoms with Crippen LogP contribution in [0, 0.1) is 0 Å². The van der Waals surface area contributed by atoms with Crippen LogP contribution in [0.25, 0.3) is 27.9 Å². The Morgan fingerprint density at radius 1 is 1.11 bits per heavy atom. The third kappa shape index (κ3) is 4.17. The molecule has 0 radical (unpaired) electrons. The molecule has 4 aromatic heterocycles. The number of nitrogens with two attached hydrogens (primary N) is 1. The molecule has 35 heavy (non-hydrogen) atoms. The molecule has 0 atom stereocenters. The van der Waals surface area contributed by atoms with E-state index in [-0.39, 0.29) is 19.1 Å². The fourth-order valence-electron chi connectivity index (χ4n) is 3.83. The summed E-state index contributed by atoms with van der Waals surface area (Å²) in [6.07, 6.45) is 0. The molecule has 11 heteroatoms. The predicted octanol–water partition coefficient (Wildman–Crippen LogP) is 3.28. The molecule has 0 saturated heterocycles. The van der Waals surface area contributed by atoms with Crippen LogP contribution in [-0.2, 0) is 18.0 Å². The first-order valence-electron chi connectivity index (χ1n) is 11.0. The number of carbonyl (C=O) groups is 1. The Morgan fingerprint density at radius 3 is 2.66 bits per heavy atom. The van der Waals surface area contributed by atoms with Crippen molar-refractivity contribution < 1.29 is 18.8 Å². The summed E-state index contributed by atoms with van der Waals surface area (Å²) in [5.41, 5.74) is 8.22. The van der Waals surface area contributed by atoms with Crippen molar-refractivity contribution in [2.75, 3.05) is 7.11 Å². The van der Waals surface area contributed by atoms with E-state index in [0.29, 0.717) is 45.8 Å². The van der Waals surface area contributed by atoms with Gasteiger partial charge in [-0.1, -0.05) is 37.2 Å². The van der Waals surface area contributed by atoms with Crippen LogP contribution >= 0.6 is 0 Å². The Hall–Kier alpha value is -4.38. The van der Waals surface area contributed by atoms with Gasteiger partial charge in [0, 0.05) is 23.9 Å². The minimum absolute atomic E-state index is 0.0257. The molecule has 0 saturated carbocycles. The van der Waals surface area contributed by atoms with E-state index in [1.54, 1.807) is 29.8 Å². The average molecular weight is 473 g/mol. The van der Waals surface area contributed by atoms with Crippen LogP contribution in [0.5, 0.6) is 5.88 Å². The number of carbonyl (C=O) groups excluding carboxylic acids is 1. The number of nitrogens with zero attached hydrogens (tertiary/aromatic N) is 6. The SMILES string of the molecule is COCc1cc(-c2nnc3c4ccccc4c(OCc4ccc(C(N)=O)c(C(C)C)n4)nn23)no1. The maximum Gasteiger partial charge on any atom is 0.250 e. The van der Waals surface area contributed by atoms with E-state index >= 15 is 0 Å². The van der Waals surface area contributed by atoms with Crippen LogP contribution in [-0.4, -0.2) is 43.0 Å². The molecule has 0 aliphatic heterocycles. The molecular weight excluding hydrogens is 450 g/mol. The Labute approximate surface area is 199 Å². The number of pyridine rings is 1. The van der Waals surface area contributed by atoms with Gasteiger partial charge in [-0.25, -0.2) is 0 Å². The highest BCUT2D eigenvalue weighted by Crippen LogP contribution is 2.29. The molecule has 4 heterocycles. The third-order valence-electron chi connectivity index (χ3n) is 5.46. The average Bonchev–Trinajstić information content (AvgIpc) is 3.49. The molecule has 1 aromatic carbocycles. The highest BCUT2D eigenvalue weighted by atomic mass is 16.5. The standard InChI is InChI=1S/C24H23N7O4/c1-13(2)20-18(21(25)32)9-8-14(26-20)11-34-24-17-7-5-4-6-16(17)22-27-28-23(31(22)29-24)19-10-15(12-33-3)35-30-19/h4-10,13H,11-12H2,1-3H3,(H2,25,32). The van der Waals surface area contributed by atoms with Gasteiger partial charge in [-0.05, 0) is 24.1 Å². The van der Waals surface area contributed by atoms with Gasteiger partial charge in [0.25, 0.3) is 5.91 Å². The van der Waals surface area contributed by atoms with Gasteiger partial charge < -0.3 is 19.7 Å². The van der Waals surface area contributed by atoms with E-state index in [0.717, 1.165) is 10.8 Å². The normalized spacial score (nSPS) is 11.5. The predicted molar refractivity (Wildman–Crippen MR) is 126 cm³/mol. The molecular formula is C24H23N7O4. The zero-order valence-corrected chi connectivity index (χ0v) is 19.4. The maximum absolute atomic E-state index is 11.8. The molecule has 5 aromatic rings.